The molecule has 3 aliphatic rings. The first-order chi connectivity index (χ1) is 19.0. The van der Waals surface area contributed by atoms with Crippen LogP contribution in [0.4, 0.5) is 26.3 Å². The third-order valence-electron chi connectivity index (χ3n) is 9.61. The van der Waals surface area contributed by atoms with Crippen LogP contribution in [0.5, 0.6) is 0 Å². The number of aliphatic hydroxyl groups is 1. The van der Waals surface area contributed by atoms with E-state index in [-0.39, 0.29) is 23.1 Å². The highest BCUT2D eigenvalue weighted by atomic mass is 19.4. The van der Waals surface area contributed by atoms with Crippen LogP contribution >= 0.6 is 0 Å². The molecule has 0 bridgehead atoms. The van der Waals surface area contributed by atoms with Crippen molar-refractivity contribution >= 4 is 12.0 Å². The average molecular weight is 581 g/mol. The molecule has 1 heterocycles. The van der Waals surface area contributed by atoms with E-state index in [0.717, 1.165) is 19.5 Å². The Morgan fingerprint density at radius 2 is 1.63 bits per heavy atom. The van der Waals surface area contributed by atoms with Crippen molar-refractivity contribution in [3.63, 3.8) is 0 Å². The van der Waals surface area contributed by atoms with E-state index < -0.39 is 46.9 Å². The standard InChI is InChI=1S/C31H34F6N2O2/c1-19-18-39(11-10-28(19)9-8-21-6-4-5-7-25(21)28)24-15-29(16-24,27(2,3)41)26(40)38-17-20-12-22(30(32,33)34)14-23(13-20)31(35,36)37/h4-9,12-14,19,24,41H,10-11,15-18H2,1-3H3,(H,38,40)/t19-,24?,28?,29?/m0/s1. The quantitative estimate of drug-likeness (QED) is 0.394. The van der Waals surface area contributed by atoms with Gasteiger partial charge in [0, 0.05) is 24.5 Å². The first kappa shape index (κ1) is 29.6. The molecule has 1 unspecified atom stereocenters. The summed E-state index contributed by atoms with van der Waals surface area (Å²) in [6.45, 7) is 6.34. The molecule has 4 nitrogen and oxygen atoms in total. The van der Waals surface area contributed by atoms with Crippen LogP contribution in [0.3, 0.4) is 0 Å². The molecule has 222 valence electrons. The number of amides is 1. The van der Waals surface area contributed by atoms with E-state index in [1.54, 1.807) is 0 Å². The Labute approximate surface area is 235 Å². The molecule has 2 fully saturated rings. The molecule has 5 rings (SSSR count). The van der Waals surface area contributed by atoms with Crippen LogP contribution in [0.1, 0.15) is 67.9 Å². The van der Waals surface area contributed by atoms with Gasteiger partial charge in [-0.1, -0.05) is 43.3 Å². The molecule has 2 N–H and O–H groups in total. The van der Waals surface area contributed by atoms with E-state index in [2.05, 4.69) is 47.5 Å². The van der Waals surface area contributed by atoms with Crippen LogP contribution in [0.2, 0.25) is 0 Å². The zero-order valence-corrected chi connectivity index (χ0v) is 23.2. The lowest BCUT2D eigenvalue weighted by molar-refractivity contribution is -0.173. The predicted molar refractivity (Wildman–Crippen MR) is 143 cm³/mol. The minimum Gasteiger partial charge on any atom is -0.389 e. The zero-order chi connectivity index (χ0) is 30.0. The summed E-state index contributed by atoms with van der Waals surface area (Å²) in [5.41, 5.74) is -3.34. The second-order valence-electron chi connectivity index (χ2n) is 12.4. The summed E-state index contributed by atoms with van der Waals surface area (Å²) in [6, 6.07) is 9.68. The predicted octanol–water partition coefficient (Wildman–Crippen LogP) is 6.57. The fourth-order valence-electron chi connectivity index (χ4n) is 6.99. The minimum absolute atomic E-state index is 0.0259. The molecule has 41 heavy (non-hydrogen) atoms. The summed E-state index contributed by atoms with van der Waals surface area (Å²) in [7, 11) is 0. The van der Waals surface area contributed by atoms with Crippen LogP contribution in [0.25, 0.3) is 6.08 Å². The van der Waals surface area contributed by atoms with Gasteiger partial charge in [-0.05, 0) is 80.5 Å². The number of benzene rings is 2. The van der Waals surface area contributed by atoms with Crippen molar-refractivity contribution in [1.82, 2.24) is 10.2 Å². The maximum Gasteiger partial charge on any atom is 0.416 e. The normalized spacial score (nSPS) is 28.4. The summed E-state index contributed by atoms with van der Waals surface area (Å²) in [5.74, 6) is -0.271. The summed E-state index contributed by atoms with van der Waals surface area (Å²) < 4.78 is 79.6. The molecule has 0 aromatic heterocycles. The fraction of sp³-hybridized carbons (Fsp3) is 0.516. The number of fused-ring (bicyclic) bond motifs is 2. The van der Waals surface area contributed by atoms with E-state index in [4.69, 9.17) is 0 Å². The molecule has 1 saturated heterocycles. The van der Waals surface area contributed by atoms with Gasteiger partial charge in [-0.15, -0.1) is 0 Å². The molecule has 2 aliphatic carbocycles. The molecule has 1 spiro atoms. The van der Waals surface area contributed by atoms with Crippen LogP contribution in [0, 0.1) is 11.3 Å². The van der Waals surface area contributed by atoms with Crippen molar-refractivity contribution in [1.29, 1.82) is 0 Å². The Balaban J connectivity index is 1.28. The number of alkyl halides is 6. The van der Waals surface area contributed by atoms with Crippen molar-refractivity contribution in [2.75, 3.05) is 13.1 Å². The maximum atomic E-state index is 13.4. The second kappa shape index (κ2) is 9.87. The third kappa shape index (κ3) is 5.18. The number of hydrogen-bond acceptors (Lipinski definition) is 3. The SMILES string of the molecule is C[C@H]1CN(C2CC(C(=O)NCc3cc(C(F)(F)F)cc(C(F)(F)F)c3)(C(C)(C)O)C2)CCC12C=Cc1ccccc12. The van der Waals surface area contributed by atoms with Crippen molar-refractivity contribution < 1.29 is 36.2 Å². The Bertz CT molecular complexity index is 1320. The second-order valence-corrected chi connectivity index (χ2v) is 12.4. The number of nitrogens with one attached hydrogen (secondary N) is 1. The third-order valence-corrected chi connectivity index (χ3v) is 9.61. The number of allylic oxidation sites excluding steroid dienone is 1. The van der Waals surface area contributed by atoms with Gasteiger partial charge in [0.05, 0.1) is 22.1 Å². The molecule has 2 aromatic carbocycles. The van der Waals surface area contributed by atoms with Crippen molar-refractivity contribution in [2.45, 2.75) is 76.0 Å². The molecule has 0 radical (unpaired) electrons. The number of hydrogen-bond donors (Lipinski definition) is 2. The molecule has 1 amide bonds. The monoisotopic (exact) mass is 580 g/mol. The van der Waals surface area contributed by atoms with Crippen LogP contribution < -0.4 is 5.32 Å². The van der Waals surface area contributed by atoms with Crippen molar-refractivity contribution in [3.8, 4) is 0 Å². The van der Waals surface area contributed by atoms with Crippen molar-refractivity contribution in [2.24, 2.45) is 11.3 Å². The van der Waals surface area contributed by atoms with E-state index in [1.807, 2.05) is 6.07 Å². The number of nitrogens with zero attached hydrogens (tertiary/aromatic N) is 1. The number of halogens is 6. The number of carbonyl (C=O) groups excluding carboxylic acids is 1. The number of piperidine rings is 1. The largest absolute Gasteiger partial charge is 0.416 e. The summed E-state index contributed by atoms with van der Waals surface area (Å²) in [5, 5.41) is 13.5. The Kier molecular flexibility index (Phi) is 7.13. The molecule has 1 aliphatic heterocycles. The Morgan fingerprint density at radius 1 is 1.02 bits per heavy atom. The van der Waals surface area contributed by atoms with Gasteiger partial charge in [0.15, 0.2) is 0 Å². The van der Waals surface area contributed by atoms with Crippen LogP contribution in [-0.4, -0.2) is 40.6 Å². The van der Waals surface area contributed by atoms with Gasteiger partial charge in [-0.3, -0.25) is 9.69 Å². The van der Waals surface area contributed by atoms with Gasteiger partial charge in [-0.2, -0.15) is 26.3 Å². The molecular formula is C31H34F6N2O2. The topological polar surface area (TPSA) is 52.6 Å². The highest BCUT2D eigenvalue weighted by Crippen LogP contribution is 2.54. The molecule has 10 heteroatoms. The molecular weight excluding hydrogens is 546 g/mol. The highest BCUT2D eigenvalue weighted by Gasteiger charge is 2.60. The minimum atomic E-state index is -4.98. The zero-order valence-electron chi connectivity index (χ0n) is 23.2. The van der Waals surface area contributed by atoms with Gasteiger partial charge < -0.3 is 10.4 Å². The van der Waals surface area contributed by atoms with E-state index >= 15 is 0 Å². The van der Waals surface area contributed by atoms with Gasteiger partial charge in [0.2, 0.25) is 5.91 Å². The lowest BCUT2D eigenvalue weighted by Gasteiger charge is -2.58. The number of carbonyl (C=O) groups is 1. The van der Waals surface area contributed by atoms with Gasteiger partial charge in [0.25, 0.3) is 0 Å². The Morgan fingerprint density at radius 3 is 2.20 bits per heavy atom. The molecule has 2 aromatic rings. The maximum absolute atomic E-state index is 13.4. The molecule has 1 saturated carbocycles. The van der Waals surface area contributed by atoms with Crippen LogP contribution in [0.15, 0.2) is 48.5 Å². The fourth-order valence-corrected chi connectivity index (χ4v) is 6.99. The lowest BCUT2D eigenvalue weighted by atomic mass is 9.55. The first-order valence-electron chi connectivity index (χ1n) is 13.8. The highest BCUT2D eigenvalue weighted by molar-refractivity contribution is 5.85. The average Bonchev–Trinajstić information content (AvgIpc) is 3.22. The lowest BCUT2D eigenvalue weighted by Crippen LogP contribution is -2.67. The van der Waals surface area contributed by atoms with Gasteiger partial charge in [0.1, 0.15) is 0 Å². The van der Waals surface area contributed by atoms with Crippen LogP contribution in [-0.2, 0) is 29.1 Å². The first-order valence-corrected chi connectivity index (χ1v) is 13.8. The summed E-state index contributed by atoms with van der Waals surface area (Å²) >= 11 is 0. The van der Waals surface area contributed by atoms with E-state index in [9.17, 15) is 36.2 Å². The van der Waals surface area contributed by atoms with E-state index in [0.29, 0.717) is 30.9 Å². The van der Waals surface area contributed by atoms with E-state index in [1.165, 1.54) is 25.0 Å². The number of rotatable bonds is 5. The van der Waals surface area contributed by atoms with Crippen molar-refractivity contribution in [3.05, 3.63) is 76.4 Å². The summed E-state index contributed by atoms with van der Waals surface area (Å²) in [6.07, 6.45) is -3.89. The Hall–Kier alpha value is -2.85. The van der Waals surface area contributed by atoms with Gasteiger partial charge >= 0.3 is 12.4 Å². The molecule has 2 atom stereocenters. The summed E-state index contributed by atoms with van der Waals surface area (Å²) in [4.78, 5) is 15.8. The van der Waals surface area contributed by atoms with Gasteiger partial charge in [-0.25, -0.2) is 0 Å². The smallest absolute Gasteiger partial charge is 0.389 e. The number of likely N-dealkylation sites (tertiary alicyclic amines) is 1.